The minimum absolute atomic E-state index is 0.106. The molecule has 4 nitrogen and oxygen atoms in total. The van der Waals surface area contributed by atoms with Crippen LogP contribution < -0.4 is 0 Å². The monoisotopic (exact) mass is 331 g/mol. The number of aryl methyl sites for hydroxylation is 1. The molecule has 2 aromatic rings. The summed E-state index contributed by atoms with van der Waals surface area (Å²) in [4.78, 5) is 0.359. The molecule has 1 aliphatic heterocycles. The van der Waals surface area contributed by atoms with Crippen molar-refractivity contribution in [3.05, 3.63) is 65.7 Å². The summed E-state index contributed by atoms with van der Waals surface area (Å²) in [5.74, 6) is 0. The molecule has 0 N–H and O–H groups in total. The second-order valence-corrected chi connectivity index (χ2v) is 7.80. The maximum atomic E-state index is 12.8. The van der Waals surface area contributed by atoms with Crippen molar-refractivity contribution in [1.82, 2.24) is 4.31 Å². The highest BCUT2D eigenvalue weighted by atomic mass is 32.2. The number of morpholine rings is 1. The topological polar surface area (TPSA) is 46.6 Å². The van der Waals surface area contributed by atoms with Gasteiger partial charge in [-0.2, -0.15) is 4.31 Å². The molecular weight excluding hydrogens is 310 g/mol. The third-order valence-electron chi connectivity index (χ3n) is 4.04. The zero-order valence-electron chi connectivity index (χ0n) is 13.2. The molecule has 1 aliphatic rings. The van der Waals surface area contributed by atoms with E-state index in [-0.39, 0.29) is 6.10 Å². The summed E-state index contributed by atoms with van der Waals surface area (Å²) in [7, 11) is -3.46. The van der Waals surface area contributed by atoms with Crippen LogP contribution in [0.2, 0.25) is 0 Å². The number of nitrogens with zero attached hydrogens (tertiary/aromatic N) is 1. The summed E-state index contributed by atoms with van der Waals surface area (Å²) in [5.41, 5.74) is 2.10. The molecule has 0 aliphatic carbocycles. The van der Waals surface area contributed by atoms with E-state index < -0.39 is 10.0 Å². The largest absolute Gasteiger partial charge is 0.375 e. The molecular formula is C18H21NO3S. The van der Waals surface area contributed by atoms with Gasteiger partial charge in [0.2, 0.25) is 10.0 Å². The molecule has 3 rings (SSSR count). The fraction of sp³-hybridized carbons (Fsp3) is 0.333. The second kappa shape index (κ2) is 6.83. The van der Waals surface area contributed by atoms with E-state index in [2.05, 4.69) is 0 Å². The lowest BCUT2D eigenvalue weighted by atomic mass is 10.1. The lowest BCUT2D eigenvalue weighted by Crippen LogP contribution is -2.46. The molecule has 0 saturated carbocycles. The van der Waals surface area contributed by atoms with Crippen molar-refractivity contribution >= 4 is 10.0 Å². The SMILES string of the molecule is Cc1cccc(S(=O)(=O)N2CCOC(Cc3ccccc3)C2)c1. The van der Waals surface area contributed by atoms with Gasteiger partial charge in [0.25, 0.3) is 0 Å². The number of benzene rings is 2. The molecule has 2 aromatic carbocycles. The van der Waals surface area contributed by atoms with E-state index in [0.29, 0.717) is 24.6 Å². The van der Waals surface area contributed by atoms with Gasteiger partial charge in [0.05, 0.1) is 17.6 Å². The van der Waals surface area contributed by atoms with Crippen LogP contribution in [0.4, 0.5) is 0 Å². The first-order valence-corrected chi connectivity index (χ1v) is 9.22. The van der Waals surface area contributed by atoms with Gasteiger partial charge >= 0.3 is 0 Å². The number of hydrogen-bond donors (Lipinski definition) is 0. The Morgan fingerprint density at radius 2 is 1.91 bits per heavy atom. The highest BCUT2D eigenvalue weighted by Gasteiger charge is 2.30. The lowest BCUT2D eigenvalue weighted by molar-refractivity contribution is -0.000495. The summed E-state index contributed by atoms with van der Waals surface area (Å²) in [5, 5.41) is 0. The second-order valence-electron chi connectivity index (χ2n) is 5.86. The van der Waals surface area contributed by atoms with Crippen molar-refractivity contribution in [2.45, 2.75) is 24.3 Å². The molecule has 0 aromatic heterocycles. The molecule has 1 atom stereocenters. The third kappa shape index (κ3) is 3.80. The molecule has 0 amide bonds. The van der Waals surface area contributed by atoms with Gasteiger partial charge in [-0.15, -0.1) is 0 Å². The number of sulfonamides is 1. The summed E-state index contributed by atoms with van der Waals surface area (Å²) in [6, 6.07) is 17.1. The van der Waals surface area contributed by atoms with Gasteiger partial charge < -0.3 is 4.74 Å². The molecule has 0 radical (unpaired) electrons. The van der Waals surface area contributed by atoms with Crippen LogP contribution in [0.3, 0.4) is 0 Å². The summed E-state index contributed by atoms with van der Waals surface area (Å²) in [6.45, 7) is 3.13. The maximum Gasteiger partial charge on any atom is 0.243 e. The Labute approximate surface area is 137 Å². The normalized spacial score (nSPS) is 19.6. The van der Waals surface area contributed by atoms with E-state index in [1.54, 1.807) is 22.5 Å². The van der Waals surface area contributed by atoms with E-state index in [1.165, 1.54) is 0 Å². The maximum absolute atomic E-state index is 12.8. The van der Waals surface area contributed by atoms with Gasteiger partial charge in [0.15, 0.2) is 0 Å². The van der Waals surface area contributed by atoms with Gasteiger partial charge in [-0.3, -0.25) is 0 Å². The first kappa shape index (κ1) is 16.2. The minimum Gasteiger partial charge on any atom is -0.375 e. The van der Waals surface area contributed by atoms with Gasteiger partial charge in [-0.05, 0) is 36.6 Å². The van der Waals surface area contributed by atoms with Crippen LogP contribution in [0.5, 0.6) is 0 Å². The predicted octanol–water partition coefficient (Wildman–Crippen LogP) is 2.63. The molecule has 5 heteroatoms. The van der Waals surface area contributed by atoms with Crippen molar-refractivity contribution in [1.29, 1.82) is 0 Å². The van der Waals surface area contributed by atoms with E-state index in [4.69, 9.17) is 4.74 Å². The molecule has 1 unspecified atom stereocenters. The highest BCUT2D eigenvalue weighted by Crippen LogP contribution is 2.21. The molecule has 23 heavy (non-hydrogen) atoms. The van der Waals surface area contributed by atoms with Crippen molar-refractivity contribution in [3.63, 3.8) is 0 Å². The Hall–Kier alpha value is -1.69. The Morgan fingerprint density at radius 3 is 2.65 bits per heavy atom. The summed E-state index contributed by atoms with van der Waals surface area (Å²) >= 11 is 0. The van der Waals surface area contributed by atoms with Crippen LogP contribution in [0.25, 0.3) is 0 Å². The van der Waals surface area contributed by atoms with E-state index >= 15 is 0 Å². The Bertz CT molecular complexity index is 759. The average molecular weight is 331 g/mol. The average Bonchev–Trinajstić information content (AvgIpc) is 2.56. The van der Waals surface area contributed by atoms with Crippen LogP contribution >= 0.6 is 0 Å². The molecule has 122 valence electrons. The summed E-state index contributed by atoms with van der Waals surface area (Å²) < 4.78 is 32.9. The molecule has 1 fully saturated rings. The van der Waals surface area contributed by atoms with Crippen LogP contribution in [-0.2, 0) is 21.2 Å². The van der Waals surface area contributed by atoms with Crippen molar-refractivity contribution in [3.8, 4) is 0 Å². The third-order valence-corrected chi connectivity index (χ3v) is 5.90. The molecule has 1 saturated heterocycles. The fourth-order valence-corrected chi connectivity index (χ4v) is 4.40. The zero-order chi connectivity index (χ0) is 16.3. The molecule has 1 heterocycles. The molecule has 0 bridgehead atoms. The first-order chi connectivity index (χ1) is 11.1. The number of ether oxygens (including phenoxy) is 1. The Kier molecular flexibility index (Phi) is 4.80. The Balaban J connectivity index is 1.75. The van der Waals surface area contributed by atoms with Gasteiger partial charge in [-0.1, -0.05) is 42.5 Å². The number of rotatable bonds is 4. The van der Waals surface area contributed by atoms with Gasteiger partial charge in [0, 0.05) is 13.1 Å². The van der Waals surface area contributed by atoms with E-state index in [9.17, 15) is 8.42 Å². The smallest absolute Gasteiger partial charge is 0.243 e. The van der Waals surface area contributed by atoms with Crippen LogP contribution in [0.15, 0.2) is 59.5 Å². The fourth-order valence-electron chi connectivity index (χ4n) is 2.84. The van der Waals surface area contributed by atoms with Crippen molar-refractivity contribution in [2.75, 3.05) is 19.7 Å². The van der Waals surface area contributed by atoms with E-state index in [0.717, 1.165) is 17.5 Å². The van der Waals surface area contributed by atoms with Crippen molar-refractivity contribution < 1.29 is 13.2 Å². The van der Waals surface area contributed by atoms with Gasteiger partial charge in [0.1, 0.15) is 0 Å². The standard InChI is InChI=1S/C18H21NO3S/c1-15-6-5-9-18(12-15)23(20,21)19-10-11-22-17(14-19)13-16-7-3-2-4-8-16/h2-9,12,17H,10-11,13-14H2,1H3. The first-order valence-electron chi connectivity index (χ1n) is 7.78. The predicted molar refractivity (Wildman–Crippen MR) is 89.8 cm³/mol. The van der Waals surface area contributed by atoms with E-state index in [1.807, 2.05) is 43.3 Å². The summed E-state index contributed by atoms with van der Waals surface area (Å²) in [6.07, 6.45) is 0.617. The lowest BCUT2D eigenvalue weighted by Gasteiger charge is -2.32. The van der Waals surface area contributed by atoms with Crippen molar-refractivity contribution in [2.24, 2.45) is 0 Å². The zero-order valence-corrected chi connectivity index (χ0v) is 14.0. The molecule has 0 spiro atoms. The minimum atomic E-state index is -3.46. The number of hydrogen-bond acceptors (Lipinski definition) is 3. The van der Waals surface area contributed by atoms with Crippen LogP contribution in [-0.4, -0.2) is 38.5 Å². The van der Waals surface area contributed by atoms with Crippen LogP contribution in [0.1, 0.15) is 11.1 Å². The Morgan fingerprint density at radius 1 is 1.13 bits per heavy atom. The quantitative estimate of drug-likeness (QED) is 0.865. The van der Waals surface area contributed by atoms with Gasteiger partial charge in [-0.25, -0.2) is 8.42 Å². The highest BCUT2D eigenvalue weighted by molar-refractivity contribution is 7.89. The van der Waals surface area contributed by atoms with Crippen LogP contribution in [0, 0.1) is 6.92 Å².